The van der Waals surface area contributed by atoms with E-state index in [4.69, 9.17) is 0 Å². The van der Waals surface area contributed by atoms with Gasteiger partial charge < -0.3 is 15.0 Å². The predicted octanol–water partition coefficient (Wildman–Crippen LogP) is 6.73. The van der Waals surface area contributed by atoms with Gasteiger partial charge in [0.25, 0.3) is 0 Å². The fraction of sp³-hybridized carbons (Fsp3) is 0.839. The Bertz CT molecular complexity index is 862. The fourth-order valence-electron chi connectivity index (χ4n) is 9.35. The number of hydrogen-bond acceptors (Lipinski definition) is 3. The molecule has 3 heteroatoms. The highest BCUT2D eigenvalue weighted by Gasteiger charge is 2.70. The summed E-state index contributed by atoms with van der Waals surface area (Å²) < 4.78 is 0. The van der Waals surface area contributed by atoms with E-state index >= 15 is 0 Å². The van der Waals surface area contributed by atoms with Crippen molar-refractivity contribution in [2.24, 2.45) is 50.7 Å². The van der Waals surface area contributed by atoms with Crippen LogP contribution in [0.1, 0.15) is 100 Å². The lowest BCUT2D eigenvalue weighted by molar-refractivity contribution is -0.182. The van der Waals surface area contributed by atoms with Crippen molar-refractivity contribution in [2.45, 2.75) is 113 Å². The molecular weight excluding hydrogens is 420 g/mol. The van der Waals surface area contributed by atoms with Crippen LogP contribution in [-0.4, -0.2) is 28.7 Å². The molecule has 4 aliphatic carbocycles. The average molecular weight is 471 g/mol. The lowest BCUT2D eigenvalue weighted by Gasteiger charge is -2.66. The van der Waals surface area contributed by atoms with E-state index in [1.807, 2.05) is 0 Å². The van der Waals surface area contributed by atoms with Crippen molar-refractivity contribution in [3.63, 3.8) is 0 Å². The highest BCUT2D eigenvalue weighted by atomic mass is 16.3. The third kappa shape index (κ3) is 3.62. The maximum atomic E-state index is 13.1. The fourth-order valence-corrected chi connectivity index (χ4v) is 9.35. The van der Waals surface area contributed by atoms with E-state index in [2.05, 4.69) is 73.6 Å². The number of aliphatic hydroxyl groups is 2. The molecule has 2 N–H and O–H groups in total. The third-order valence-electron chi connectivity index (χ3n) is 11.5. The number of allylic oxidation sites excluding steroid dienone is 2. The van der Waals surface area contributed by atoms with Crippen molar-refractivity contribution in [1.82, 2.24) is 0 Å². The van der Waals surface area contributed by atoms with Crippen molar-refractivity contribution in [3.8, 4) is 0 Å². The molecule has 0 aliphatic heterocycles. The van der Waals surface area contributed by atoms with Gasteiger partial charge in [-0.25, -0.2) is 0 Å². The Labute approximate surface area is 208 Å². The second-order valence-electron chi connectivity index (χ2n) is 14.6. The quantitative estimate of drug-likeness (QED) is 0.354. The Balaban J connectivity index is 1.70. The number of hydrogen-bond donors (Lipinski definition) is 2. The molecule has 0 saturated heterocycles. The molecule has 0 radical (unpaired) electrons. The minimum absolute atomic E-state index is 0.0432. The third-order valence-corrected chi connectivity index (χ3v) is 11.5. The van der Waals surface area contributed by atoms with Crippen LogP contribution in [-0.2, 0) is 4.79 Å². The van der Waals surface area contributed by atoms with Gasteiger partial charge in [-0.1, -0.05) is 79.2 Å². The Kier molecular flexibility index (Phi) is 6.38. The Morgan fingerprint density at radius 1 is 1.03 bits per heavy atom. The molecule has 5 unspecified atom stereocenters. The lowest BCUT2D eigenvalue weighted by Crippen LogP contribution is -2.64. The molecule has 0 aromatic heterocycles. The van der Waals surface area contributed by atoms with Crippen molar-refractivity contribution < 1.29 is 15.0 Å². The Morgan fingerprint density at radius 3 is 2.32 bits per heavy atom. The molecule has 4 aliphatic rings. The van der Waals surface area contributed by atoms with Crippen LogP contribution >= 0.6 is 0 Å². The molecule has 4 rings (SSSR count). The van der Waals surface area contributed by atoms with Gasteiger partial charge in [-0.05, 0) is 78.9 Å². The number of carbonyl (C=O) groups is 1. The summed E-state index contributed by atoms with van der Waals surface area (Å²) in [5.41, 5.74) is 0.484. The first-order valence-electron chi connectivity index (χ1n) is 13.9. The zero-order chi connectivity index (χ0) is 25.3. The number of carbonyl (C=O) groups excluding carboxylic acids is 1. The van der Waals surface area contributed by atoms with Gasteiger partial charge in [0.05, 0.1) is 12.2 Å². The van der Waals surface area contributed by atoms with E-state index in [1.54, 1.807) is 0 Å². The van der Waals surface area contributed by atoms with Gasteiger partial charge in [-0.3, -0.25) is 0 Å². The Hall–Kier alpha value is -0.930. The van der Waals surface area contributed by atoms with Gasteiger partial charge >= 0.3 is 0 Å². The molecule has 0 amide bonds. The molecule has 3 nitrogen and oxygen atoms in total. The SMILES string of the molecule is C[C@H](C/C=C/C(C)(C)C)C1CC[C@@]2(C)C3C(O)C=C4[C@@H](CC[C@H](O)C4(C)C)C3(C=O)CCC12C. The van der Waals surface area contributed by atoms with Crippen LogP contribution in [0.15, 0.2) is 23.8 Å². The largest absolute Gasteiger partial charge is 0.392 e. The van der Waals surface area contributed by atoms with Crippen LogP contribution < -0.4 is 0 Å². The zero-order valence-corrected chi connectivity index (χ0v) is 23.0. The molecule has 0 heterocycles. The topological polar surface area (TPSA) is 57.5 Å². The van der Waals surface area contributed by atoms with E-state index < -0.39 is 23.0 Å². The van der Waals surface area contributed by atoms with Gasteiger partial charge in [-0.15, -0.1) is 0 Å². The summed E-state index contributed by atoms with van der Waals surface area (Å²) in [6.45, 7) is 18.2. The molecular formula is C31H50O3. The van der Waals surface area contributed by atoms with Crippen LogP contribution in [0.2, 0.25) is 0 Å². The van der Waals surface area contributed by atoms with E-state index in [9.17, 15) is 15.0 Å². The predicted molar refractivity (Wildman–Crippen MR) is 139 cm³/mol. The number of fused-ring (bicyclic) bond motifs is 5. The number of aliphatic hydroxyl groups excluding tert-OH is 2. The van der Waals surface area contributed by atoms with Crippen LogP contribution in [0.5, 0.6) is 0 Å². The van der Waals surface area contributed by atoms with Crippen LogP contribution in [0.4, 0.5) is 0 Å². The monoisotopic (exact) mass is 470 g/mol. The van der Waals surface area contributed by atoms with Gasteiger partial charge in [0.2, 0.25) is 0 Å². The number of aldehydes is 1. The molecule has 0 aromatic carbocycles. The smallest absolute Gasteiger partial charge is 0.127 e. The average Bonchev–Trinajstić information content (AvgIpc) is 3.01. The van der Waals surface area contributed by atoms with Crippen molar-refractivity contribution in [2.75, 3.05) is 0 Å². The maximum Gasteiger partial charge on any atom is 0.127 e. The highest BCUT2D eigenvalue weighted by Crippen LogP contribution is 2.74. The first-order chi connectivity index (χ1) is 15.6. The van der Waals surface area contributed by atoms with Crippen LogP contribution in [0, 0.1) is 50.7 Å². The molecule has 3 fully saturated rings. The first-order valence-corrected chi connectivity index (χ1v) is 13.9. The first kappa shape index (κ1) is 26.1. The highest BCUT2D eigenvalue weighted by molar-refractivity contribution is 5.65. The molecule has 0 aromatic rings. The van der Waals surface area contributed by atoms with E-state index in [0.717, 1.165) is 44.1 Å². The summed E-state index contributed by atoms with van der Waals surface area (Å²) in [5.74, 6) is 1.29. The maximum absolute atomic E-state index is 13.1. The molecule has 0 spiro atoms. The molecule has 34 heavy (non-hydrogen) atoms. The second kappa shape index (κ2) is 8.30. The summed E-state index contributed by atoms with van der Waals surface area (Å²) in [5, 5.41) is 22.5. The molecule has 9 atom stereocenters. The number of rotatable bonds is 4. The summed E-state index contributed by atoms with van der Waals surface area (Å²) in [6, 6.07) is 0. The van der Waals surface area contributed by atoms with E-state index in [0.29, 0.717) is 11.8 Å². The van der Waals surface area contributed by atoms with Crippen LogP contribution in [0.3, 0.4) is 0 Å². The summed E-state index contributed by atoms with van der Waals surface area (Å²) in [4.78, 5) is 13.1. The minimum Gasteiger partial charge on any atom is -0.392 e. The van der Waals surface area contributed by atoms with E-state index in [-0.39, 0.29) is 28.1 Å². The van der Waals surface area contributed by atoms with Crippen molar-refractivity contribution >= 4 is 6.29 Å². The van der Waals surface area contributed by atoms with E-state index in [1.165, 1.54) is 12.7 Å². The molecule has 0 bridgehead atoms. The standard InChI is InChI=1S/C31H50O3/c1-20(10-9-14-27(2,3)4)21-13-15-30(8)26-24(33)18-23-22(11-12-25(34)28(23,5)6)31(26,19-32)17-16-29(21,30)7/h9,14,18-22,24-26,33-34H,10-13,15-17H2,1-8H3/b14-9+/t20-,21?,22-,24?,25+,26?,29?,30+,31?/m1/s1. The van der Waals surface area contributed by atoms with Gasteiger partial charge in [0, 0.05) is 16.7 Å². The second-order valence-corrected chi connectivity index (χ2v) is 14.6. The summed E-state index contributed by atoms with van der Waals surface area (Å²) in [6.07, 6.45) is 13.9. The van der Waals surface area contributed by atoms with Gasteiger partial charge in [0.15, 0.2) is 0 Å². The van der Waals surface area contributed by atoms with Gasteiger partial charge in [-0.2, -0.15) is 0 Å². The zero-order valence-electron chi connectivity index (χ0n) is 23.0. The Morgan fingerprint density at radius 2 is 1.71 bits per heavy atom. The summed E-state index contributed by atoms with van der Waals surface area (Å²) >= 11 is 0. The van der Waals surface area contributed by atoms with Crippen molar-refractivity contribution in [1.29, 1.82) is 0 Å². The molecule has 3 saturated carbocycles. The van der Waals surface area contributed by atoms with Gasteiger partial charge in [0.1, 0.15) is 6.29 Å². The lowest BCUT2D eigenvalue weighted by atomic mass is 9.38. The normalized spacial score (nSPS) is 46.9. The molecule has 192 valence electrons. The van der Waals surface area contributed by atoms with Crippen LogP contribution in [0.25, 0.3) is 0 Å². The van der Waals surface area contributed by atoms with Crippen molar-refractivity contribution in [3.05, 3.63) is 23.8 Å². The summed E-state index contributed by atoms with van der Waals surface area (Å²) in [7, 11) is 0. The minimum atomic E-state index is -0.625.